The Hall–Kier alpha value is -8.41. The van der Waals surface area contributed by atoms with Gasteiger partial charge in [0.1, 0.15) is 0 Å². The lowest BCUT2D eigenvalue weighted by Crippen LogP contribution is -2.03. The van der Waals surface area contributed by atoms with Crippen molar-refractivity contribution >= 4 is 43.6 Å². The highest BCUT2D eigenvalue weighted by molar-refractivity contribution is 6.26. The first-order valence-corrected chi connectivity index (χ1v) is 21.0. The molecule has 0 spiro atoms. The van der Waals surface area contributed by atoms with E-state index in [-0.39, 0.29) is 0 Å². The zero-order valence-electron chi connectivity index (χ0n) is 33.6. The summed E-state index contributed by atoms with van der Waals surface area (Å²) in [5.74, 6) is 1.87. The molecule has 0 saturated heterocycles. The maximum absolute atomic E-state index is 5.19. The third-order valence-electron chi connectivity index (χ3n) is 11.9. The molecule has 0 fully saturated rings. The maximum atomic E-state index is 5.19. The van der Waals surface area contributed by atoms with E-state index in [2.05, 4.69) is 197 Å². The zero-order chi connectivity index (χ0) is 41.0. The van der Waals surface area contributed by atoms with Crippen LogP contribution in [-0.4, -0.2) is 24.1 Å². The van der Waals surface area contributed by atoms with E-state index >= 15 is 0 Å². The molecule has 0 unspecified atom stereocenters. The number of para-hydroxylation sites is 3. The summed E-state index contributed by atoms with van der Waals surface area (Å²) in [5.41, 5.74) is 14.1. The summed E-state index contributed by atoms with van der Waals surface area (Å²) in [6.45, 7) is 0. The predicted octanol–water partition coefficient (Wildman–Crippen LogP) is 14.4. The number of nitrogens with zero attached hydrogens (tertiary/aromatic N) is 5. The number of hydrogen-bond acceptors (Lipinski definition) is 3. The molecule has 0 aliphatic rings. The first-order chi connectivity index (χ1) is 30.8. The largest absolute Gasteiger partial charge is 0.308 e. The summed E-state index contributed by atoms with van der Waals surface area (Å²) < 4.78 is 4.88. The van der Waals surface area contributed by atoms with Gasteiger partial charge in [0.2, 0.25) is 0 Å². The molecule has 290 valence electrons. The zero-order valence-corrected chi connectivity index (χ0v) is 33.6. The molecular formula is C57H37N5. The molecule has 0 atom stereocenters. The third-order valence-corrected chi connectivity index (χ3v) is 11.9. The van der Waals surface area contributed by atoms with E-state index in [9.17, 15) is 0 Å². The van der Waals surface area contributed by atoms with Crippen molar-refractivity contribution in [3.8, 4) is 67.8 Å². The highest BCUT2D eigenvalue weighted by Crippen LogP contribution is 2.44. The minimum absolute atomic E-state index is 0.612. The highest BCUT2D eigenvalue weighted by Gasteiger charge is 2.23. The summed E-state index contributed by atoms with van der Waals surface area (Å²) >= 11 is 0. The van der Waals surface area contributed by atoms with Crippen molar-refractivity contribution in [2.24, 2.45) is 0 Å². The number of rotatable bonds is 7. The lowest BCUT2D eigenvalue weighted by atomic mass is 9.98. The molecule has 5 heteroatoms. The highest BCUT2D eigenvalue weighted by atomic mass is 15.1. The van der Waals surface area contributed by atoms with Gasteiger partial charge in [-0.25, -0.2) is 15.0 Å². The van der Waals surface area contributed by atoms with Gasteiger partial charge in [-0.3, -0.25) is 0 Å². The topological polar surface area (TPSA) is 48.5 Å². The van der Waals surface area contributed by atoms with Gasteiger partial charge in [0.25, 0.3) is 0 Å². The van der Waals surface area contributed by atoms with Gasteiger partial charge in [0.15, 0.2) is 17.5 Å². The van der Waals surface area contributed by atoms with Gasteiger partial charge in [-0.1, -0.05) is 176 Å². The van der Waals surface area contributed by atoms with Crippen molar-refractivity contribution in [2.45, 2.75) is 0 Å². The normalized spacial score (nSPS) is 11.5. The van der Waals surface area contributed by atoms with Crippen LogP contribution in [0.5, 0.6) is 0 Å². The van der Waals surface area contributed by atoms with Gasteiger partial charge >= 0.3 is 0 Å². The standard InChI is InChI=1S/C57H37N5/c1-5-19-38(20-6-1)42-35-43(39-21-7-2-8-22-39)37-44(36-42)61-49-30-16-13-27-45(49)46-33-34-52-53(54(46)61)47-28-14-17-31-50(47)62(52)51-32-18-15-29-48(51)57-59-55(40-23-9-3-10-24-40)58-56(60-57)41-25-11-4-12-26-41/h1-37H. The second-order valence-electron chi connectivity index (χ2n) is 15.6. The van der Waals surface area contributed by atoms with Crippen LogP contribution in [0, 0.1) is 0 Å². The van der Waals surface area contributed by atoms with E-state index in [0.717, 1.165) is 44.6 Å². The predicted molar refractivity (Wildman–Crippen MR) is 256 cm³/mol. The van der Waals surface area contributed by atoms with Crippen molar-refractivity contribution in [3.05, 3.63) is 224 Å². The van der Waals surface area contributed by atoms with Crippen LogP contribution in [0.25, 0.3) is 111 Å². The van der Waals surface area contributed by atoms with Crippen LogP contribution in [0.1, 0.15) is 0 Å². The second kappa shape index (κ2) is 14.7. The fourth-order valence-electron chi connectivity index (χ4n) is 9.16. The molecule has 3 aromatic heterocycles. The van der Waals surface area contributed by atoms with E-state index in [0.29, 0.717) is 17.5 Å². The molecule has 0 N–H and O–H groups in total. The summed E-state index contributed by atoms with van der Waals surface area (Å²) in [6, 6.07) is 79.4. The van der Waals surface area contributed by atoms with E-state index in [4.69, 9.17) is 15.0 Å². The summed E-state index contributed by atoms with van der Waals surface area (Å²) in [5, 5.41) is 4.76. The fourth-order valence-corrected chi connectivity index (χ4v) is 9.16. The molecule has 0 aliphatic carbocycles. The summed E-state index contributed by atoms with van der Waals surface area (Å²) in [6.07, 6.45) is 0. The number of hydrogen-bond donors (Lipinski definition) is 0. The summed E-state index contributed by atoms with van der Waals surface area (Å²) in [4.78, 5) is 15.4. The van der Waals surface area contributed by atoms with Gasteiger partial charge in [-0.05, 0) is 70.8 Å². The van der Waals surface area contributed by atoms with Gasteiger partial charge in [0, 0.05) is 43.9 Å². The number of benzene rings is 9. The fraction of sp³-hybridized carbons (Fsp3) is 0. The van der Waals surface area contributed by atoms with Crippen LogP contribution >= 0.6 is 0 Å². The molecule has 0 amide bonds. The lowest BCUT2D eigenvalue weighted by Gasteiger charge is -2.15. The molecule has 12 rings (SSSR count). The first kappa shape index (κ1) is 35.5. The van der Waals surface area contributed by atoms with E-state index in [1.54, 1.807) is 0 Å². The van der Waals surface area contributed by atoms with Crippen molar-refractivity contribution in [1.29, 1.82) is 0 Å². The molecule has 0 saturated carbocycles. The SMILES string of the molecule is c1ccc(-c2cc(-c3ccccc3)cc(-n3c4ccccc4c4ccc5c(c6ccccc6n5-c5ccccc5-c5nc(-c6ccccc6)nc(-c6ccccc6)n5)c43)c2)cc1. The molecular weight excluding hydrogens is 755 g/mol. The van der Waals surface area contributed by atoms with Crippen molar-refractivity contribution in [2.75, 3.05) is 0 Å². The Morgan fingerprint density at radius 3 is 1.35 bits per heavy atom. The van der Waals surface area contributed by atoms with Gasteiger partial charge < -0.3 is 9.13 Å². The molecule has 62 heavy (non-hydrogen) atoms. The van der Waals surface area contributed by atoms with E-state index in [1.165, 1.54) is 49.3 Å². The molecule has 0 radical (unpaired) electrons. The smallest absolute Gasteiger partial charge is 0.166 e. The van der Waals surface area contributed by atoms with Crippen molar-refractivity contribution in [1.82, 2.24) is 24.1 Å². The van der Waals surface area contributed by atoms with Crippen LogP contribution in [0.15, 0.2) is 224 Å². The summed E-state index contributed by atoms with van der Waals surface area (Å²) in [7, 11) is 0. The van der Waals surface area contributed by atoms with Gasteiger partial charge in [-0.2, -0.15) is 0 Å². The Morgan fingerprint density at radius 2 is 0.758 bits per heavy atom. The molecule has 3 heterocycles. The average Bonchev–Trinajstić information content (AvgIpc) is 3.88. The Kier molecular flexibility index (Phi) is 8.42. The Balaban J connectivity index is 1.15. The van der Waals surface area contributed by atoms with Crippen LogP contribution in [-0.2, 0) is 0 Å². The Morgan fingerprint density at radius 1 is 0.290 bits per heavy atom. The molecule has 9 aromatic carbocycles. The maximum Gasteiger partial charge on any atom is 0.166 e. The van der Waals surface area contributed by atoms with E-state index in [1.807, 2.05) is 36.4 Å². The molecule has 0 aliphatic heterocycles. The van der Waals surface area contributed by atoms with Crippen molar-refractivity contribution in [3.63, 3.8) is 0 Å². The first-order valence-electron chi connectivity index (χ1n) is 21.0. The van der Waals surface area contributed by atoms with Crippen LogP contribution in [0.3, 0.4) is 0 Å². The van der Waals surface area contributed by atoms with Gasteiger partial charge in [-0.15, -0.1) is 0 Å². The van der Waals surface area contributed by atoms with Crippen LogP contribution in [0.4, 0.5) is 0 Å². The van der Waals surface area contributed by atoms with E-state index < -0.39 is 0 Å². The molecule has 12 aromatic rings. The van der Waals surface area contributed by atoms with Crippen LogP contribution < -0.4 is 0 Å². The molecule has 0 bridgehead atoms. The Bertz CT molecular complexity index is 3500. The number of aromatic nitrogens is 5. The lowest BCUT2D eigenvalue weighted by molar-refractivity contribution is 1.06. The quantitative estimate of drug-likeness (QED) is 0.162. The Labute approximate surface area is 358 Å². The van der Waals surface area contributed by atoms with Crippen molar-refractivity contribution < 1.29 is 0 Å². The molecule has 5 nitrogen and oxygen atoms in total. The number of fused-ring (bicyclic) bond motifs is 7. The van der Waals surface area contributed by atoms with Gasteiger partial charge in [0.05, 0.1) is 27.8 Å². The average molecular weight is 792 g/mol. The minimum Gasteiger partial charge on any atom is -0.308 e. The monoisotopic (exact) mass is 791 g/mol. The third kappa shape index (κ3) is 5.90. The van der Waals surface area contributed by atoms with Crippen LogP contribution in [0.2, 0.25) is 0 Å². The minimum atomic E-state index is 0.612. The second-order valence-corrected chi connectivity index (χ2v) is 15.6.